The third-order valence-corrected chi connectivity index (χ3v) is 3.42. The van der Waals surface area contributed by atoms with Crippen molar-refractivity contribution in [2.24, 2.45) is 0 Å². The van der Waals surface area contributed by atoms with Crippen molar-refractivity contribution in [2.45, 2.75) is 19.6 Å². The van der Waals surface area contributed by atoms with Crippen LogP contribution in [0.5, 0.6) is 0 Å². The fraction of sp³-hybridized carbons (Fsp3) is 0.538. The minimum Gasteiger partial charge on any atom is -0.374 e. The fourth-order valence-corrected chi connectivity index (χ4v) is 2.27. The average molecular weight is 288 g/mol. The Morgan fingerprint density at radius 3 is 2.39 bits per heavy atom. The quantitative estimate of drug-likeness (QED) is 0.652. The molecule has 0 aliphatic heterocycles. The SMILES string of the molecule is CPOCC(COCc1ccc(C)cc1)OPC. The van der Waals surface area contributed by atoms with E-state index in [4.69, 9.17) is 13.8 Å². The van der Waals surface area contributed by atoms with E-state index in [9.17, 15) is 0 Å². The second-order valence-corrected chi connectivity index (χ2v) is 5.30. The summed E-state index contributed by atoms with van der Waals surface area (Å²) >= 11 is 0. The summed E-state index contributed by atoms with van der Waals surface area (Å²) in [5, 5.41) is 0. The van der Waals surface area contributed by atoms with Crippen LogP contribution in [0, 0.1) is 6.92 Å². The van der Waals surface area contributed by atoms with Gasteiger partial charge in [-0.15, -0.1) is 0 Å². The van der Waals surface area contributed by atoms with Crippen molar-refractivity contribution in [1.29, 1.82) is 0 Å². The van der Waals surface area contributed by atoms with Gasteiger partial charge < -0.3 is 13.8 Å². The van der Waals surface area contributed by atoms with Crippen LogP contribution >= 0.6 is 17.6 Å². The van der Waals surface area contributed by atoms with Crippen LogP contribution in [0.2, 0.25) is 0 Å². The molecule has 1 aromatic rings. The van der Waals surface area contributed by atoms with Crippen LogP contribution in [-0.4, -0.2) is 32.6 Å². The van der Waals surface area contributed by atoms with Gasteiger partial charge in [-0.05, 0) is 25.8 Å². The van der Waals surface area contributed by atoms with E-state index in [0.717, 1.165) is 0 Å². The first-order valence-electron chi connectivity index (χ1n) is 6.00. The maximum atomic E-state index is 5.67. The number of hydrogen-bond acceptors (Lipinski definition) is 3. The number of hydrogen-bond donors (Lipinski definition) is 0. The Labute approximate surface area is 113 Å². The highest BCUT2D eigenvalue weighted by atomic mass is 31.1. The van der Waals surface area contributed by atoms with E-state index >= 15 is 0 Å². The van der Waals surface area contributed by atoms with Gasteiger partial charge in [0.05, 0.1) is 19.8 Å². The molecular weight excluding hydrogens is 266 g/mol. The third kappa shape index (κ3) is 6.78. The van der Waals surface area contributed by atoms with Gasteiger partial charge in [-0.1, -0.05) is 29.8 Å². The van der Waals surface area contributed by atoms with E-state index in [1.165, 1.54) is 11.1 Å². The summed E-state index contributed by atoms with van der Waals surface area (Å²) in [7, 11) is 0.967. The van der Waals surface area contributed by atoms with Crippen molar-refractivity contribution in [3.05, 3.63) is 35.4 Å². The van der Waals surface area contributed by atoms with Crippen LogP contribution in [-0.2, 0) is 20.4 Å². The van der Waals surface area contributed by atoms with Gasteiger partial charge in [0.25, 0.3) is 0 Å². The molecule has 5 heteroatoms. The zero-order chi connectivity index (χ0) is 13.2. The molecule has 0 aromatic heterocycles. The molecule has 0 saturated heterocycles. The summed E-state index contributed by atoms with van der Waals surface area (Å²) in [5.41, 5.74) is 2.46. The van der Waals surface area contributed by atoms with Crippen molar-refractivity contribution in [2.75, 3.05) is 26.5 Å². The highest BCUT2D eigenvalue weighted by Crippen LogP contribution is 2.14. The van der Waals surface area contributed by atoms with E-state index in [1.807, 2.05) is 13.3 Å². The zero-order valence-corrected chi connectivity index (χ0v) is 13.2. The first kappa shape index (κ1) is 16.0. The molecule has 0 fully saturated rings. The number of rotatable bonds is 9. The van der Waals surface area contributed by atoms with Crippen LogP contribution in [0.1, 0.15) is 11.1 Å². The molecule has 0 N–H and O–H groups in total. The first-order chi connectivity index (χ1) is 8.76. The van der Waals surface area contributed by atoms with Gasteiger partial charge in [-0.25, -0.2) is 0 Å². The molecule has 3 nitrogen and oxygen atoms in total. The highest BCUT2D eigenvalue weighted by molar-refractivity contribution is 7.31. The topological polar surface area (TPSA) is 27.7 Å². The lowest BCUT2D eigenvalue weighted by Crippen LogP contribution is -2.21. The zero-order valence-electron chi connectivity index (χ0n) is 11.2. The summed E-state index contributed by atoms with van der Waals surface area (Å²) in [6, 6.07) is 8.39. The lowest BCUT2D eigenvalue weighted by atomic mass is 10.2. The Morgan fingerprint density at radius 1 is 1.06 bits per heavy atom. The summed E-state index contributed by atoms with van der Waals surface area (Å²) in [5.74, 6) is 0. The minimum atomic E-state index is 0.0474. The lowest BCUT2D eigenvalue weighted by Gasteiger charge is -2.16. The average Bonchev–Trinajstić information content (AvgIpc) is 2.38. The standard InChI is InChI=1S/C13H22O3P2/c1-11-4-6-12(7-5-11)8-14-9-13(16-18-3)10-15-17-2/h4-7,13,17-18H,8-10H2,1-3H3. The first-order valence-corrected chi connectivity index (χ1v) is 8.82. The largest absolute Gasteiger partial charge is 0.374 e. The fourth-order valence-electron chi connectivity index (χ4n) is 1.45. The van der Waals surface area contributed by atoms with Crippen molar-refractivity contribution in [3.63, 3.8) is 0 Å². The molecule has 1 aromatic carbocycles. The molecule has 0 amide bonds. The maximum absolute atomic E-state index is 5.67. The Balaban J connectivity index is 2.26. The Morgan fingerprint density at radius 2 is 1.78 bits per heavy atom. The molecule has 3 unspecified atom stereocenters. The van der Waals surface area contributed by atoms with Crippen molar-refractivity contribution in [1.82, 2.24) is 0 Å². The van der Waals surface area contributed by atoms with Gasteiger partial charge in [-0.3, -0.25) is 0 Å². The van der Waals surface area contributed by atoms with Gasteiger partial charge in [0.2, 0.25) is 0 Å². The summed E-state index contributed by atoms with van der Waals surface area (Å²) in [4.78, 5) is 0. The van der Waals surface area contributed by atoms with Crippen molar-refractivity contribution >= 4 is 17.6 Å². The molecule has 102 valence electrons. The van der Waals surface area contributed by atoms with E-state index in [-0.39, 0.29) is 6.10 Å². The molecule has 18 heavy (non-hydrogen) atoms. The molecule has 0 bridgehead atoms. The van der Waals surface area contributed by atoms with Crippen LogP contribution in [0.4, 0.5) is 0 Å². The summed E-state index contributed by atoms with van der Waals surface area (Å²) < 4.78 is 16.7. The maximum Gasteiger partial charge on any atom is 0.108 e. The van der Waals surface area contributed by atoms with Gasteiger partial charge in [0.15, 0.2) is 0 Å². The Hall–Kier alpha value is -0.0400. The van der Waals surface area contributed by atoms with Gasteiger partial charge in [0.1, 0.15) is 6.10 Å². The smallest absolute Gasteiger partial charge is 0.108 e. The molecule has 0 saturated carbocycles. The van der Waals surface area contributed by atoms with Gasteiger partial charge in [-0.2, -0.15) is 0 Å². The van der Waals surface area contributed by atoms with E-state index in [1.54, 1.807) is 0 Å². The molecule has 0 aliphatic carbocycles. The number of aryl methyl sites for hydroxylation is 1. The van der Waals surface area contributed by atoms with Gasteiger partial charge in [0, 0.05) is 17.6 Å². The highest BCUT2D eigenvalue weighted by Gasteiger charge is 2.08. The van der Waals surface area contributed by atoms with E-state index in [0.29, 0.717) is 37.4 Å². The molecule has 3 atom stereocenters. The minimum absolute atomic E-state index is 0.0474. The van der Waals surface area contributed by atoms with Crippen LogP contribution in [0.15, 0.2) is 24.3 Å². The lowest BCUT2D eigenvalue weighted by molar-refractivity contribution is 0.0291. The number of benzene rings is 1. The van der Waals surface area contributed by atoms with Crippen LogP contribution in [0.3, 0.4) is 0 Å². The Bertz CT molecular complexity index is 317. The number of ether oxygens (including phenoxy) is 1. The second-order valence-electron chi connectivity index (χ2n) is 3.96. The molecular formula is C13H22O3P2. The predicted octanol–water partition coefficient (Wildman–Crippen LogP) is 3.36. The van der Waals surface area contributed by atoms with E-state index < -0.39 is 0 Å². The van der Waals surface area contributed by atoms with Crippen molar-refractivity contribution in [3.8, 4) is 0 Å². The third-order valence-electron chi connectivity index (χ3n) is 2.39. The molecule has 0 aliphatic rings. The molecule has 0 spiro atoms. The summed E-state index contributed by atoms with van der Waals surface area (Å²) in [6.45, 7) is 7.93. The molecule has 0 heterocycles. The monoisotopic (exact) mass is 288 g/mol. The summed E-state index contributed by atoms with van der Waals surface area (Å²) in [6.07, 6.45) is 0.0474. The van der Waals surface area contributed by atoms with Crippen LogP contribution < -0.4 is 0 Å². The van der Waals surface area contributed by atoms with Crippen molar-refractivity contribution < 1.29 is 13.8 Å². The van der Waals surface area contributed by atoms with Crippen LogP contribution in [0.25, 0.3) is 0 Å². The van der Waals surface area contributed by atoms with E-state index in [2.05, 4.69) is 31.2 Å². The molecule has 1 rings (SSSR count). The second kappa shape index (κ2) is 9.83. The Kier molecular flexibility index (Phi) is 8.75. The van der Waals surface area contributed by atoms with Gasteiger partial charge >= 0.3 is 0 Å². The molecule has 0 radical (unpaired) electrons. The normalized spacial score (nSPS) is 13.9. The predicted molar refractivity (Wildman–Crippen MR) is 80.1 cm³/mol.